The second-order valence-corrected chi connectivity index (χ2v) is 7.23. The third-order valence-corrected chi connectivity index (χ3v) is 5.49. The highest BCUT2D eigenvalue weighted by Gasteiger charge is 2.26. The molecule has 1 amide bonds. The minimum absolute atomic E-state index is 0.243. The number of nitrogen functional groups attached to an aromatic ring is 1. The molecule has 0 aliphatic carbocycles. The highest BCUT2D eigenvalue weighted by Crippen LogP contribution is 2.36. The fraction of sp³-hybridized carbons (Fsp3) is 0.250. The summed E-state index contributed by atoms with van der Waals surface area (Å²) in [5.74, 6) is -0.353. The Bertz CT molecular complexity index is 745. The van der Waals surface area contributed by atoms with Crippen LogP contribution >= 0.6 is 34.7 Å². The third kappa shape index (κ3) is 4.23. The molecule has 0 aliphatic rings. The van der Waals surface area contributed by atoms with Gasteiger partial charge in [-0.2, -0.15) is 0 Å². The van der Waals surface area contributed by atoms with Crippen LogP contribution < -0.4 is 11.1 Å². The van der Waals surface area contributed by atoms with Gasteiger partial charge in [0, 0.05) is 28.3 Å². The molecule has 1 aromatic heterocycles. The van der Waals surface area contributed by atoms with Crippen LogP contribution in [0, 0.1) is 0 Å². The van der Waals surface area contributed by atoms with Gasteiger partial charge in [-0.05, 0) is 31.2 Å². The molecule has 2 rings (SSSR count). The van der Waals surface area contributed by atoms with Crippen molar-refractivity contribution in [3.05, 3.63) is 45.3 Å². The number of benzene rings is 1. The first-order chi connectivity index (χ1) is 11.5. The van der Waals surface area contributed by atoms with Crippen molar-refractivity contribution in [1.82, 2.24) is 5.32 Å². The van der Waals surface area contributed by atoms with Crippen LogP contribution in [0.15, 0.2) is 29.2 Å². The molecule has 0 saturated carbocycles. The smallest absolute Gasteiger partial charge is 0.341 e. The maximum atomic E-state index is 12.2. The van der Waals surface area contributed by atoms with Gasteiger partial charge in [0.15, 0.2) is 0 Å². The first kappa shape index (κ1) is 18.6. The van der Waals surface area contributed by atoms with E-state index >= 15 is 0 Å². The Kier molecular flexibility index (Phi) is 6.53. The van der Waals surface area contributed by atoms with E-state index in [1.165, 1.54) is 11.8 Å². The first-order valence-electron chi connectivity index (χ1n) is 7.16. The normalized spacial score (nSPS) is 10.5. The average Bonchev–Trinajstić information content (AvgIpc) is 2.90. The fourth-order valence-electron chi connectivity index (χ4n) is 2.03. The molecule has 0 unspecified atom stereocenters. The number of hydrogen-bond acceptors (Lipinski definition) is 6. The number of hydrogen-bond donors (Lipinski definition) is 2. The van der Waals surface area contributed by atoms with Crippen LogP contribution in [-0.4, -0.2) is 25.5 Å². The van der Waals surface area contributed by atoms with E-state index in [4.69, 9.17) is 22.1 Å². The van der Waals surface area contributed by atoms with Crippen molar-refractivity contribution in [3.8, 4) is 0 Å². The van der Waals surface area contributed by atoms with Crippen molar-refractivity contribution in [2.24, 2.45) is 0 Å². The Labute approximate surface area is 153 Å². The lowest BCUT2D eigenvalue weighted by molar-refractivity contribution is 0.0527. The predicted molar refractivity (Wildman–Crippen MR) is 99.1 cm³/mol. The summed E-state index contributed by atoms with van der Waals surface area (Å²) in [6.07, 6.45) is 0. The molecule has 0 atom stereocenters. The van der Waals surface area contributed by atoms with Crippen LogP contribution in [0.5, 0.6) is 0 Å². The van der Waals surface area contributed by atoms with Crippen LogP contribution in [0.3, 0.4) is 0 Å². The molecule has 3 N–H and O–H groups in total. The van der Waals surface area contributed by atoms with E-state index in [-0.39, 0.29) is 18.1 Å². The van der Waals surface area contributed by atoms with Gasteiger partial charge in [-0.25, -0.2) is 4.79 Å². The number of esters is 1. The van der Waals surface area contributed by atoms with E-state index in [1.807, 2.05) is 12.1 Å². The van der Waals surface area contributed by atoms with Gasteiger partial charge in [-0.3, -0.25) is 4.79 Å². The van der Waals surface area contributed by atoms with Gasteiger partial charge in [0.2, 0.25) is 0 Å². The molecule has 2 aromatic rings. The number of carbonyl (C=O) groups excluding carboxylic acids is 2. The number of ether oxygens (including phenoxy) is 1. The Morgan fingerprint density at radius 1 is 1.33 bits per heavy atom. The van der Waals surface area contributed by atoms with E-state index in [2.05, 4.69) is 5.32 Å². The summed E-state index contributed by atoms with van der Waals surface area (Å²) < 4.78 is 5.07. The zero-order chi connectivity index (χ0) is 17.7. The van der Waals surface area contributed by atoms with E-state index in [9.17, 15) is 9.59 Å². The van der Waals surface area contributed by atoms with Crippen LogP contribution in [0.25, 0.3) is 0 Å². The van der Waals surface area contributed by atoms with Gasteiger partial charge >= 0.3 is 5.97 Å². The zero-order valence-electron chi connectivity index (χ0n) is 13.2. The molecule has 0 fully saturated rings. The topological polar surface area (TPSA) is 81.4 Å². The second kappa shape index (κ2) is 8.41. The summed E-state index contributed by atoms with van der Waals surface area (Å²) in [7, 11) is 1.54. The highest BCUT2D eigenvalue weighted by atomic mass is 35.5. The molecule has 0 aliphatic heterocycles. The number of nitrogens with two attached hydrogens (primary N) is 1. The van der Waals surface area contributed by atoms with Gasteiger partial charge in [0.25, 0.3) is 5.91 Å². The molecular weight excluding hydrogens is 368 g/mol. The Morgan fingerprint density at radius 3 is 2.58 bits per heavy atom. The molecule has 1 heterocycles. The van der Waals surface area contributed by atoms with Crippen LogP contribution in [0.1, 0.15) is 32.5 Å². The number of thiophene rings is 1. The molecule has 0 spiro atoms. The summed E-state index contributed by atoms with van der Waals surface area (Å²) in [6, 6.07) is 7.34. The summed E-state index contributed by atoms with van der Waals surface area (Å²) in [6.45, 7) is 1.97. The van der Waals surface area contributed by atoms with E-state index in [1.54, 1.807) is 26.1 Å². The van der Waals surface area contributed by atoms with Crippen molar-refractivity contribution in [2.75, 3.05) is 19.4 Å². The number of halogens is 1. The second-order valence-electron chi connectivity index (χ2n) is 4.69. The fourth-order valence-corrected chi connectivity index (χ4v) is 4.20. The van der Waals surface area contributed by atoms with E-state index < -0.39 is 5.97 Å². The van der Waals surface area contributed by atoms with Crippen molar-refractivity contribution >= 4 is 51.6 Å². The van der Waals surface area contributed by atoms with Crippen molar-refractivity contribution in [2.45, 2.75) is 17.6 Å². The molecule has 0 bridgehead atoms. The summed E-state index contributed by atoms with van der Waals surface area (Å²) in [4.78, 5) is 25.7. The Balaban J connectivity index is 2.35. The SMILES string of the molecule is CCOC(=O)c1c(N)sc(C(=O)NC)c1CSc1ccc(Cl)cc1. The Morgan fingerprint density at radius 2 is 2.00 bits per heavy atom. The summed E-state index contributed by atoms with van der Waals surface area (Å²) in [5, 5.41) is 3.52. The average molecular weight is 385 g/mol. The van der Waals surface area contributed by atoms with Gasteiger partial charge in [-0.15, -0.1) is 23.1 Å². The minimum atomic E-state index is -0.506. The molecule has 1 aromatic carbocycles. The van der Waals surface area contributed by atoms with Gasteiger partial charge in [-0.1, -0.05) is 11.6 Å². The third-order valence-electron chi connectivity index (χ3n) is 3.14. The number of carbonyl (C=O) groups is 2. The molecule has 0 saturated heterocycles. The van der Waals surface area contributed by atoms with Crippen LogP contribution in [0.4, 0.5) is 5.00 Å². The maximum Gasteiger partial charge on any atom is 0.341 e. The molecule has 128 valence electrons. The number of anilines is 1. The molecule has 5 nitrogen and oxygen atoms in total. The largest absolute Gasteiger partial charge is 0.462 e. The van der Waals surface area contributed by atoms with Crippen molar-refractivity contribution in [1.29, 1.82) is 0 Å². The number of nitrogens with one attached hydrogen (secondary N) is 1. The molecule has 24 heavy (non-hydrogen) atoms. The lowest BCUT2D eigenvalue weighted by atomic mass is 10.1. The van der Waals surface area contributed by atoms with E-state index in [0.29, 0.717) is 26.2 Å². The number of rotatable bonds is 6. The standard InChI is InChI=1S/C16H17ClN2O3S2/c1-3-22-16(21)12-11(13(15(20)19-2)24-14(12)18)8-23-10-6-4-9(17)5-7-10/h4-7H,3,8,18H2,1-2H3,(H,19,20). The minimum Gasteiger partial charge on any atom is -0.462 e. The first-order valence-corrected chi connectivity index (χ1v) is 9.34. The lowest BCUT2D eigenvalue weighted by Crippen LogP contribution is -2.18. The monoisotopic (exact) mass is 384 g/mol. The maximum absolute atomic E-state index is 12.2. The van der Waals surface area contributed by atoms with Gasteiger partial charge in [0.05, 0.1) is 17.0 Å². The van der Waals surface area contributed by atoms with E-state index in [0.717, 1.165) is 16.2 Å². The van der Waals surface area contributed by atoms with Gasteiger partial charge in [0.1, 0.15) is 5.00 Å². The van der Waals surface area contributed by atoms with Crippen molar-refractivity contribution < 1.29 is 14.3 Å². The predicted octanol–water partition coefficient (Wildman–Crippen LogP) is 3.81. The number of amides is 1. The van der Waals surface area contributed by atoms with Gasteiger partial charge < -0.3 is 15.8 Å². The number of thioether (sulfide) groups is 1. The van der Waals surface area contributed by atoms with Crippen LogP contribution in [0.2, 0.25) is 5.02 Å². The lowest BCUT2D eigenvalue weighted by Gasteiger charge is -2.07. The zero-order valence-corrected chi connectivity index (χ0v) is 15.6. The highest BCUT2D eigenvalue weighted by molar-refractivity contribution is 7.98. The Hall–Kier alpha value is -1.70. The molecular formula is C16H17ClN2O3S2. The summed E-state index contributed by atoms with van der Waals surface area (Å²) in [5.41, 5.74) is 6.84. The van der Waals surface area contributed by atoms with Crippen molar-refractivity contribution in [3.63, 3.8) is 0 Å². The molecule has 0 radical (unpaired) electrons. The molecule has 8 heteroatoms. The van der Waals surface area contributed by atoms with Crippen LogP contribution in [-0.2, 0) is 10.5 Å². The quantitative estimate of drug-likeness (QED) is 0.584. The summed E-state index contributed by atoms with van der Waals surface area (Å²) >= 11 is 8.47.